The summed E-state index contributed by atoms with van der Waals surface area (Å²) in [4.78, 5) is 13.3. The van der Waals surface area contributed by atoms with E-state index in [1.807, 2.05) is 26.0 Å². The van der Waals surface area contributed by atoms with Gasteiger partial charge in [-0.2, -0.15) is 4.31 Å². The Bertz CT molecular complexity index is 837. The van der Waals surface area contributed by atoms with Crippen LogP contribution in [0.3, 0.4) is 0 Å². The molecule has 1 amide bonds. The Labute approximate surface area is 167 Å². The lowest BCUT2D eigenvalue weighted by atomic mass is 10.0. The molecule has 1 N–H and O–H groups in total. The Hall–Kier alpha value is -1.90. The highest BCUT2D eigenvalue weighted by Crippen LogP contribution is 2.34. The zero-order valence-electron chi connectivity index (χ0n) is 17.1. The molecule has 2 rings (SSSR count). The van der Waals surface area contributed by atoms with Gasteiger partial charge in [0.1, 0.15) is 16.7 Å². The van der Waals surface area contributed by atoms with E-state index < -0.39 is 22.2 Å². The topological polar surface area (TPSA) is 87.2 Å². The summed E-state index contributed by atoms with van der Waals surface area (Å²) in [5.41, 5.74) is 0.824. The number of fused-ring (bicyclic) bond motifs is 1. The Morgan fingerprint density at radius 3 is 2.71 bits per heavy atom. The van der Waals surface area contributed by atoms with Crippen molar-refractivity contribution in [2.75, 3.05) is 26.7 Å². The maximum absolute atomic E-state index is 13.3. The van der Waals surface area contributed by atoms with E-state index in [0.29, 0.717) is 6.54 Å². The SMILES string of the molecule is C/C=C/c1ccc2c(c1)O[C@H](CN(C)C(C)=O)[C@H](C)CN([C@H](C)CO)S2(=O)=O. The molecule has 0 fully saturated rings. The number of amides is 1. The minimum atomic E-state index is -3.84. The maximum Gasteiger partial charge on any atom is 0.247 e. The van der Waals surface area contributed by atoms with Crippen LogP contribution in [0, 0.1) is 5.92 Å². The van der Waals surface area contributed by atoms with E-state index in [4.69, 9.17) is 4.74 Å². The van der Waals surface area contributed by atoms with Gasteiger partial charge < -0.3 is 14.7 Å². The molecule has 0 radical (unpaired) electrons. The minimum Gasteiger partial charge on any atom is -0.487 e. The smallest absolute Gasteiger partial charge is 0.247 e. The fourth-order valence-electron chi connectivity index (χ4n) is 3.15. The molecule has 0 bridgehead atoms. The third-order valence-corrected chi connectivity index (χ3v) is 7.06. The number of carbonyl (C=O) groups is 1. The van der Waals surface area contributed by atoms with Crippen molar-refractivity contribution in [1.29, 1.82) is 0 Å². The quantitative estimate of drug-likeness (QED) is 0.802. The van der Waals surface area contributed by atoms with E-state index in [1.54, 1.807) is 37.1 Å². The van der Waals surface area contributed by atoms with Gasteiger partial charge in [0.05, 0.1) is 13.2 Å². The number of aliphatic hydroxyl groups is 1. The predicted molar refractivity (Wildman–Crippen MR) is 108 cm³/mol. The number of allylic oxidation sites excluding steroid dienone is 1. The molecule has 28 heavy (non-hydrogen) atoms. The molecule has 1 heterocycles. The third kappa shape index (κ3) is 4.74. The maximum atomic E-state index is 13.3. The average molecular weight is 411 g/mol. The predicted octanol–water partition coefficient (Wildman–Crippen LogP) is 1.97. The van der Waals surface area contributed by atoms with Crippen molar-refractivity contribution in [2.45, 2.75) is 44.7 Å². The molecule has 0 aliphatic carbocycles. The van der Waals surface area contributed by atoms with Crippen molar-refractivity contribution in [1.82, 2.24) is 9.21 Å². The molecule has 0 saturated heterocycles. The van der Waals surface area contributed by atoms with Gasteiger partial charge in [-0.05, 0) is 31.5 Å². The first-order chi connectivity index (χ1) is 13.1. The van der Waals surface area contributed by atoms with Crippen LogP contribution in [0.4, 0.5) is 0 Å². The lowest BCUT2D eigenvalue weighted by Crippen LogP contribution is -2.50. The van der Waals surface area contributed by atoms with Crippen LogP contribution in [0.1, 0.15) is 33.3 Å². The van der Waals surface area contributed by atoms with Gasteiger partial charge >= 0.3 is 0 Å². The second kappa shape index (κ2) is 9.07. The minimum absolute atomic E-state index is 0.0726. The summed E-state index contributed by atoms with van der Waals surface area (Å²) in [7, 11) is -2.15. The van der Waals surface area contributed by atoms with Gasteiger partial charge in [0.2, 0.25) is 15.9 Å². The van der Waals surface area contributed by atoms with Gasteiger partial charge in [-0.25, -0.2) is 8.42 Å². The average Bonchev–Trinajstić information content (AvgIpc) is 2.64. The van der Waals surface area contributed by atoms with E-state index in [-0.39, 0.29) is 35.6 Å². The highest BCUT2D eigenvalue weighted by atomic mass is 32.2. The van der Waals surface area contributed by atoms with Crippen molar-refractivity contribution in [3.05, 3.63) is 29.8 Å². The summed E-state index contributed by atoms with van der Waals surface area (Å²) in [6, 6.07) is 4.40. The van der Waals surface area contributed by atoms with Gasteiger partial charge in [0, 0.05) is 32.5 Å². The first-order valence-electron chi connectivity index (χ1n) is 9.39. The number of sulfonamides is 1. The molecule has 0 aromatic heterocycles. The lowest BCUT2D eigenvalue weighted by molar-refractivity contribution is -0.129. The van der Waals surface area contributed by atoms with Gasteiger partial charge in [-0.3, -0.25) is 4.79 Å². The van der Waals surface area contributed by atoms with Crippen LogP contribution in [0.2, 0.25) is 0 Å². The molecule has 0 saturated carbocycles. The number of rotatable bonds is 5. The molecule has 0 unspecified atom stereocenters. The molecule has 1 aromatic rings. The normalized spacial score (nSPS) is 23.4. The van der Waals surface area contributed by atoms with Gasteiger partial charge in [-0.1, -0.05) is 25.1 Å². The summed E-state index contributed by atoms with van der Waals surface area (Å²) < 4.78 is 34.0. The summed E-state index contributed by atoms with van der Waals surface area (Å²) in [5.74, 6) is -0.0164. The van der Waals surface area contributed by atoms with Crippen LogP contribution in [0.15, 0.2) is 29.2 Å². The zero-order valence-corrected chi connectivity index (χ0v) is 17.9. The van der Waals surface area contributed by atoms with Crippen molar-refractivity contribution in [3.63, 3.8) is 0 Å². The Morgan fingerprint density at radius 2 is 2.14 bits per heavy atom. The molecule has 7 nitrogen and oxygen atoms in total. The van der Waals surface area contributed by atoms with Crippen molar-refractivity contribution in [2.24, 2.45) is 5.92 Å². The van der Waals surface area contributed by atoms with E-state index >= 15 is 0 Å². The monoisotopic (exact) mass is 410 g/mol. The Balaban J connectivity index is 2.59. The molecule has 8 heteroatoms. The highest BCUT2D eigenvalue weighted by molar-refractivity contribution is 7.89. The molecule has 1 aromatic carbocycles. The molecule has 156 valence electrons. The number of hydrogen-bond donors (Lipinski definition) is 1. The number of nitrogens with zero attached hydrogens (tertiary/aromatic N) is 2. The summed E-state index contributed by atoms with van der Waals surface area (Å²) in [5, 5.41) is 9.61. The largest absolute Gasteiger partial charge is 0.487 e. The van der Waals surface area contributed by atoms with Crippen LogP contribution in [0.5, 0.6) is 5.75 Å². The number of ether oxygens (including phenoxy) is 1. The first kappa shape index (κ1) is 22.4. The molecule has 3 atom stereocenters. The van der Waals surface area contributed by atoms with Crippen molar-refractivity contribution >= 4 is 22.0 Å². The number of benzene rings is 1. The van der Waals surface area contributed by atoms with Crippen molar-refractivity contribution in [3.8, 4) is 5.75 Å². The molecular formula is C20H30N2O5S. The molecular weight excluding hydrogens is 380 g/mol. The lowest BCUT2D eigenvalue weighted by Gasteiger charge is -2.37. The second-order valence-electron chi connectivity index (χ2n) is 7.35. The standard InChI is InChI=1S/C20H30N2O5S/c1-6-7-17-8-9-20-18(10-17)27-19(12-21(5)16(4)24)14(2)11-22(15(3)13-23)28(20,25)26/h6-10,14-15,19,23H,11-13H2,1-5H3/b7-6+/t14-,15-,19-/m1/s1. The zero-order chi connectivity index (χ0) is 21.1. The second-order valence-corrected chi connectivity index (χ2v) is 9.20. The van der Waals surface area contributed by atoms with Crippen LogP contribution < -0.4 is 4.74 Å². The van der Waals surface area contributed by atoms with E-state index in [2.05, 4.69) is 0 Å². The fourth-order valence-corrected chi connectivity index (χ4v) is 4.98. The summed E-state index contributed by atoms with van der Waals surface area (Å²) >= 11 is 0. The fraction of sp³-hybridized carbons (Fsp3) is 0.550. The number of hydrogen-bond acceptors (Lipinski definition) is 5. The van der Waals surface area contributed by atoms with Crippen LogP contribution in [-0.4, -0.2) is 67.5 Å². The van der Waals surface area contributed by atoms with E-state index in [9.17, 15) is 18.3 Å². The number of likely N-dealkylation sites (N-methyl/N-ethyl adjacent to an activating group) is 1. The van der Waals surface area contributed by atoms with Gasteiger partial charge in [-0.15, -0.1) is 0 Å². The van der Waals surface area contributed by atoms with E-state index in [1.165, 1.54) is 11.2 Å². The number of carbonyl (C=O) groups excluding carboxylic acids is 1. The van der Waals surface area contributed by atoms with Crippen molar-refractivity contribution < 1.29 is 23.1 Å². The highest BCUT2D eigenvalue weighted by Gasteiger charge is 2.38. The van der Waals surface area contributed by atoms with Crippen LogP contribution in [0.25, 0.3) is 6.08 Å². The van der Waals surface area contributed by atoms with Gasteiger partial charge in [0.25, 0.3) is 0 Å². The van der Waals surface area contributed by atoms with Crippen LogP contribution >= 0.6 is 0 Å². The van der Waals surface area contributed by atoms with Crippen LogP contribution in [-0.2, 0) is 14.8 Å². The first-order valence-corrected chi connectivity index (χ1v) is 10.8. The van der Waals surface area contributed by atoms with E-state index in [0.717, 1.165) is 5.56 Å². The number of aliphatic hydroxyl groups excluding tert-OH is 1. The molecule has 1 aliphatic heterocycles. The third-order valence-electron chi connectivity index (χ3n) is 5.04. The Kier molecular flexibility index (Phi) is 7.25. The van der Waals surface area contributed by atoms with Gasteiger partial charge in [0.15, 0.2) is 0 Å². The summed E-state index contributed by atoms with van der Waals surface area (Å²) in [6.45, 7) is 7.18. The summed E-state index contributed by atoms with van der Waals surface area (Å²) in [6.07, 6.45) is 3.34. The Morgan fingerprint density at radius 1 is 1.46 bits per heavy atom. The molecule has 0 spiro atoms. The molecule has 1 aliphatic rings.